The van der Waals surface area contributed by atoms with E-state index in [-0.39, 0.29) is 29.6 Å². The molecule has 0 aliphatic carbocycles. The number of carbonyl (C=O) groups excluding carboxylic acids is 1. The summed E-state index contributed by atoms with van der Waals surface area (Å²) < 4.78 is 32.9. The van der Waals surface area contributed by atoms with E-state index in [0.717, 1.165) is 12.7 Å². The third kappa shape index (κ3) is 8.09. The summed E-state index contributed by atoms with van der Waals surface area (Å²) >= 11 is 0. The van der Waals surface area contributed by atoms with Crippen LogP contribution in [-0.2, 0) is 19.0 Å². The smallest absolute Gasteiger partial charge is 0.410 e. The minimum atomic E-state index is -3.48. The van der Waals surface area contributed by atoms with Gasteiger partial charge in [0.25, 0.3) is 10.1 Å². The minimum Gasteiger partial charge on any atom is -0.444 e. The van der Waals surface area contributed by atoms with Crippen LogP contribution in [0.2, 0.25) is 18.1 Å². The maximum Gasteiger partial charge on any atom is 0.410 e. The molecule has 1 unspecified atom stereocenters. The molecule has 0 aromatic rings. The number of carbonyl (C=O) groups is 1. The highest BCUT2D eigenvalue weighted by Crippen LogP contribution is 2.45. The SMILES string of the molecule is CC(C)(C)OC(=O)N1CC(CC(C)(C)[Si](C)(C)O)[C@@H](CCOS(C)(=O)=O)C1. The Balaban J connectivity index is 2.88. The monoisotopic (exact) mass is 423 g/mol. The molecule has 1 aliphatic rings. The van der Waals surface area contributed by atoms with Gasteiger partial charge in [-0.1, -0.05) is 13.8 Å². The predicted octanol–water partition coefficient (Wildman–Crippen LogP) is 3.20. The molecular weight excluding hydrogens is 386 g/mol. The van der Waals surface area contributed by atoms with Gasteiger partial charge in [0.15, 0.2) is 8.32 Å². The Hall–Kier alpha value is -0.643. The van der Waals surface area contributed by atoms with Crippen molar-refractivity contribution >= 4 is 24.5 Å². The molecule has 1 saturated heterocycles. The van der Waals surface area contributed by atoms with Crippen molar-refractivity contribution in [3.8, 4) is 0 Å². The van der Waals surface area contributed by atoms with Crippen LogP contribution in [-0.4, -0.2) is 64.1 Å². The molecule has 9 heteroatoms. The molecule has 0 aromatic carbocycles. The van der Waals surface area contributed by atoms with Crippen molar-refractivity contribution in [1.82, 2.24) is 4.90 Å². The lowest BCUT2D eigenvalue weighted by molar-refractivity contribution is 0.0281. The first kappa shape index (κ1) is 24.4. The van der Waals surface area contributed by atoms with E-state index in [1.54, 1.807) is 4.90 Å². The summed E-state index contributed by atoms with van der Waals surface area (Å²) in [5.41, 5.74) is -0.566. The normalized spacial score (nSPS) is 22.2. The predicted molar refractivity (Wildman–Crippen MR) is 109 cm³/mol. The number of hydrogen-bond donors (Lipinski definition) is 1. The highest BCUT2D eigenvalue weighted by Gasteiger charge is 2.44. The summed E-state index contributed by atoms with van der Waals surface area (Å²) in [6.07, 6.45) is 2.00. The van der Waals surface area contributed by atoms with Crippen LogP contribution in [0.15, 0.2) is 0 Å². The fraction of sp³-hybridized carbons (Fsp3) is 0.944. The molecule has 7 nitrogen and oxygen atoms in total. The van der Waals surface area contributed by atoms with Crippen LogP contribution in [0.3, 0.4) is 0 Å². The summed E-state index contributed by atoms with van der Waals surface area (Å²) in [7, 11) is -5.88. The molecule has 1 fully saturated rings. The van der Waals surface area contributed by atoms with E-state index in [2.05, 4.69) is 13.8 Å². The molecule has 0 radical (unpaired) electrons. The Morgan fingerprint density at radius 3 is 2.11 bits per heavy atom. The van der Waals surface area contributed by atoms with E-state index in [0.29, 0.717) is 19.5 Å². The summed E-state index contributed by atoms with van der Waals surface area (Å²) in [4.78, 5) is 24.8. The molecule has 0 saturated carbocycles. The highest BCUT2D eigenvalue weighted by molar-refractivity contribution is 7.85. The van der Waals surface area contributed by atoms with Crippen LogP contribution in [0, 0.1) is 11.8 Å². The van der Waals surface area contributed by atoms with E-state index < -0.39 is 24.0 Å². The molecule has 160 valence electrons. The molecule has 27 heavy (non-hydrogen) atoms. The van der Waals surface area contributed by atoms with E-state index >= 15 is 0 Å². The average molecular weight is 424 g/mol. The largest absolute Gasteiger partial charge is 0.444 e. The molecule has 1 aliphatic heterocycles. The van der Waals surface area contributed by atoms with Gasteiger partial charge in [-0.3, -0.25) is 4.18 Å². The van der Waals surface area contributed by atoms with Crippen molar-refractivity contribution in [1.29, 1.82) is 0 Å². The molecular formula is C18H37NO6SSi. The lowest BCUT2D eigenvalue weighted by Gasteiger charge is -2.38. The van der Waals surface area contributed by atoms with Gasteiger partial charge in [0.1, 0.15) is 5.60 Å². The first-order chi connectivity index (χ1) is 11.9. The fourth-order valence-electron chi connectivity index (χ4n) is 3.23. The number of hydrogen-bond acceptors (Lipinski definition) is 6. The maximum absolute atomic E-state index is 12.5. The zero-order valence-electron chi connectivity index (χ0n) is 18.0. The van der Waals surface area contributed by atoms with Crippen LogP contribution in [0.4, 0.5) is 4.79 Å². The average Bonchev–Trinajstić information content (AvgIpc) is 2.76. The molecule has 1 rings (SSSR count). The number of likely N-dealkylation sites (tertiary alicyclic amines) is 1. The fourth-order valence-corrected chi connectivity index (χ4v) is 4.39. The van der Waals surface area contributed by atoms with E-state index in [1.165, 1.54) is 0 Å². The van der Waals surface area contributed by atoms with Crippen molar-refractivity contribution in [3.05, 3.63) is 0 Å². The Morgan fingerprint density at radius 1 is 1.15 bits per heavy atom. The minimum absolute atomic E-state index is 0.0997. The van der Waals surface area contributed by atoms with Crippen molar-refractivity contribution in [2.45, 2.75) is 71.2 Å². The van der Waals surface area contributed by atoms with Gasteiger partial charge in [-0.15, -0.1) is 0 Å². The number of rotatable bonds is 7. The molecule has 0 spiro atoms. The number of amides is 1. The highest BCUT2D eigenvalue weighted by atomic mass is 32.2. The van der Waals surface area contributed by atoms with Crippen LogP contribution in [0.25, 0.3) is 0 Å². The topological polar surface area (TPSA) is 93.1 Å². The lowest BCUT2D eigenvalue weighted by Crippen LogP contribution is -2.41. The molecule has 2 atom stereocenters. The van der Waals surface area contributed by atoms with E-state index in [4.69, 9.17) is 8.92 Å². The number of nitrogens with zero attached hydrogens (tertiary/aromatic N) is 1. The first-order valence-electron chi connectivity index (χ1n) is 9.46. The Bertz CT molecular complexity index is 621. The summed E-state index contributed by atoms with van der Waals surface area (Å²) in [6.45, 7) is 14.6. The van der Waals surface area contributed by atoms with Crippen LogP contribution in [0.1, 0.15) is 47.5 Å². The van der Waals surface area contributed by atoms with Gasteiger partial charge in [0.05, 0.1) is 12.9 Å². The molecule has 1 N–H and O–H groups in total. The zero-order chi connectivity index (χ0) is 21.3. The summed E-state index contributed by atoms with van der Waals surface area (Å²) in [6, 6.07) is 0. The zero-order valence-corrected chi connectivity index (χ0v) is 19.9. The van der Waals surface area contributed by atoms with Crippen LogP contribution in [0.5, 0.6) is 0 Å². The van der Waals surface area contributed by atoms with Gasteiger partial charge in [-0.05, 0) is 63.6 Å². The number of ether oxygens (including phenoxy) is 1. The third-order valence-electron chi connectivity index (χ3n) is 5.44. The van der Waals surface area contributed by atoms with Crippen molar-refractivity contribution in [2.75, 3.05) is 26.0 Å². The van der Waals surface area contributed by atoms with Gasteiger partial charge in [0.2, 0.25) is 0 Å². The van der Waals surface area contributed by atoms with Gasteiger partial charge < -0.3 is 14.4 Å². The maximum atomic E-state index is 12.5. The van der Waals surface area contributed by atoms with E-state index in [9.17, 15) is 18.0 Å². The van der Waals surface area contributed by atoms with Gasteiger partial charge >= 0.3 is 6.09 Å². The van der Waals surface area contributed by atoms with Crippen molar-refractivity contribution < 1.29 is 26.9 Å². The van der Waals surface area contributed by atoms with E-state index in [1.807, 2.05) is 33.9 Å². The second kappa shape index (κ2) is 8.38. The summed E-state index contributed by atoms with van der Waals surface area (Å²) in [5.74, 6) is 0.268. The van der Waals surface area contributed by atoms with Gasteiger partial charge in [-0.25, -0.2) is 4.79 Å². The standard InChI is InChI=1S/C18H37NO6SSi/c1-17(2,3)25-16(20)19-12-14(9-10-24-26(6,21)22)15(13-19)11-18(4,5)27(7,8)23/h14-15,23H,9-13H2,1-8H3/t14-,15?/m0/s1. The van der Waals surface area contributed by atoms with Crippen LogP contribution >= 0.6 is 0 Å². The lowest BCUT2D eigenvalue weighted by atomic mass is 9.86. The van der Waals surface area contributed by atoms with Crippen molar-refractivity contribution in [2.24, 2.45) is 11.8 Å². The third-order valence-corrected chi connectivity index (χ3v) is 9.55. The molecule has 1 amide bonds. The Labute approximate surface area is 165 Å². The van der Waals surface area contributed by atoms with Gasteiger partial charge in [0, 0.05) is 13.1 Å². The quantitative estimate of drug-likeness (QED) is 0.499. The van der Waals surface area contributed by atoms with Gasteiger partial charge in [-0.2, -0.15) is 8.42 Å². The molecule has 1 heterocycles. The second-order valence-corrected chi connectivity index (χ2v) is 16.0. The first-order valence-corrected chi connectivity index (χ1v) is 14.2. The van der Waals surface area contributed by atoms with Crippen LogP contribution < -0.4 is 0 Å². The molecule has 0 bridgehead atoms. The van der Waals surface area contributed by atoms with Crippen molar-refractivity contribution in [3.63, 3.8) is 0 Å². The Kier molecular flexibility index (Phi) is 7.58. The Morgan fingerprint density at radius 2 is 1.67 bits per heavy atom. The second-order valence-electron chi connectivity index (χ2n) is 9.87. The molecule has 0 aromatic heterocycles. The summed E-state index contributed by atoms with van der Waals surface area (Å²) in [5, 5.41) is -0.225.